The largest absolute Gasteiger partial charge is 0.331 e. The molecule has 0 bridgehead atoms. The van der Waals surface area contributed by atoms with Crippen LogP contribution in [0.2, 0.25) is 0 Å². The number of nitrogens with zero attached hydrogens (tertiary/aromatic N) is 1. The Labute approximate surface area is 97.7 Å². The highest BCUT2D eigenvalue weighted by Crippen LogP contribution is 2.12. The number of imide groups is 2. The Balaban J connectivity index is 2.21. The van der Waals surface area contributed by atoms with Crippen LogP contribution in [0.5, 0.6) is 0 Å². The van der Waals surface area contributed by atoms with Crippen molar-refractivity contribution in [1.29, 1.82) is 0 Å². The fourth-order valence-corrected chi connectivity index (χ4v) is 1.50. The third-order valence-electron chi connectivity index (χ3n) is 2.43. The summed E-state index contributed by atoms with van der Waals surface area (Å²) in [5.74, 6) is -1.38. The monoisotopic (exact) mass is 230 g/mol. The Morgan fingerprint density at radius 3 is 2.41 bits per heavy atom. The maximum absolute atomic E-state index is 11.7. The lowest BCUT2D eigenvalue weighted by molar-refractivity contribution is -0.130. The van der Waals surface area contributed by atoms with E-state index in [1.54, 1.807) is 12.1 Å². The van der Waals surface area contributed by atoms with Crippen LogP contribution in [0.25, 0.3) is 0 Å². The van der Waals surface area contributed by atoms with Crippen molar-refractivity contribution in [2.45, 2.75) is 6.54 Å². The van der Waals surface area contributed by atoms with Crippen molar-refractivity contribution in [3.63, 3.8) is 0 Å². The zero-order valence-electron chi connectivity index (χ0n) is 8.97. The van der Waals surface area contributed by atoms with Gasteiger partial charge >= 0.3 is 6.03 Å². The Morgan fingerprint density at radius 1 is 1.12 bits per heavy atom. The van der Waals surface area contributed by atoms with Crippen LogP contribution in [0.3, 0.4) is 0 Å². The molecule has 0 aliphatic carbocycles. The third kappa shape index (κ3) is 2.08. The molecule has 0 atom stereocenters. The first-order valence-corrected chi connectivity index (χ1v) is 4.99. The van der Waals surface area contributed by atoms with Crippen LogP contribution >= 0.6 is 0 Å². The van der Waals surface area contributed by atoms with Gasteiger partial charge in [-0.15, -0.1) is 0 Å². The van der Waals surface area contributed by atoms with Gasteiger partial charge in [-0.1, -0.05) is 36.9 Å². The van der Waals surface area contributed by atoms with Crippen LogP contribution < -0.4 is 5.32 Å². The number of rotatable bonds is 2. The number of hydrogen-bond donors (Lipinski definition) is 1. The average molecular weight is 230 g/mol. The van der Waals surface area contributed by atoms with Crippen LogP contribution in [0.1, 0.15) is 5.56 Å². The summed E-state index contributed by atoms with van der Waals surface area (Å²) in [5, 5.41) is 2.06. The zero-order valence-corrected chi connectivity index (χ0v) is 8.97. The molecule has 4 amide bonds. The molecule has 0 spiro atoms. The summed E-state index contributed by atoms with van der Waals surface area (Å²) in [4.78, 5) is 35.3. The van der Waals surface area contributed by atoms with Crippen molar-refractivity contribution in [2.24, 2.45) is 0 Å². The second-order valence-corrected chi connectivity index (χ2v) is 3.61. The molecule has 1 aliphatic heterocycles. The summed E-state index contributed by atoms with van der Waals surface area (Å²) < 4.78 is 0. The van der Waals surface area contributed by atoms with Crippen LogP contribution in [-0.4, -0.2) is 22.7 Å². The quantitative estimate of drug-likeness (QED) is 0.604. The van der Waals surface area contributed by atoms with E-state index in [2.05, 4.69) is 11.9 Å². The molecule has 1 N–H and O–H groups in total. The fourth-order valence-electron chi connectivity index (χ4n) is 1.50. The Kier molecular flexibility index (Phi) is 2.74. The summed E-state index contributed by atoms with van der Waals surface area (Å²) >= 11 is 0. The first-order valence-electron chi connectivity index (χ1n) is 4.99. The lowest BCUT2D eigenvalue weighted by Gasteiger charge is -2.25. The van der Waals surface area contributed by atoms with E-state index in [0.717, 1.165) is 10.5 Å². The van der Waals surface area contributed by atoms with Crippen LogP contribution in [0.15, 0.2) is 42.5 Å². The molecule has 5 nitrogen and oxygen atoms in total. The van der Waals surface area contributed by atoms with Crippen molar-refractivity contribution in [3.05, 3.63) is 48.0 Å². The van der Waals surface area contributed by atoms with Crippen LogP contribution in [-0.2, 0) is 16.1 Å². The van der Waals surface area contributed by atoms with E-state index in [0.29, 0.717) is 0 Å². The van der Waals surface area contributed by atoms with Crippen molar-refractivity contribution in [3.8, 4) is 0 Å². The minimum Gasteiger partial charge on any atom is -0.273 e. The van der Waals surface area contributed by atoms with Gasteiger partial charge < -0.3 is 0 Å². The molecule has 5 heteroatoms. The lowest BCUT2D eigenvalue weighted by atomic mass is 10.1. The first-order chi connectivity index (χ1) is 8.09. The Morgan fingerprint density at radius 2 is 1.76 bits per heavy atom. The number of nitrogens with one attached hydrogen (secondary N) is 1. The van der Waals surface area contributed by atoms with Gasteiger partial charge in [-0.3, -0.25) is 19.8 Å². The summed E-state index contributed by atoms with van der Waals surface area (Å²) in [6, 6.07) is 8.32. The maximum Gasteiger partial charge on any atom is 0.331 e. The number of carbonyl (C=O) groups is 3. The molecule has 1 aliphatic rings. The smallest absolute Gasteiger partial charge is 0.273 e. The zero-order chi connectivity index (χ0) is 12.4. The summed E-state index contributed by atoms with van der Waals surface area (Å²) in [5.41, 5.74) is 0.582. The molecule has 1 aromatic rings. The van der Waals surface area contributed by atoms with E-state index in [4.69, 9.17) is 0 Å². The normalized spacial score (nSPS) is 16.1. The minimum atomic E-state index is -0.732. The molecule has 0 unspecified atom stereocenters. The van der Waals surface area contributed by atoms with Gasteiger partial charge in [0, 0.05) is 0 Å². The molecule has 86 valence electrons. The second kappa shape index (κ2) is 4.21. The minimum absolute atomic E-state index is 0.123. The standard InChI is InChI=1S/C12H10N2O3/c1-8-10(15)13-12(17)14(11(8)16)7-9-5-3-2-4-6-9/h2-6H,1,7H2,(H,13,15,17). The molecule has 0 radical (unpaired) electrons. The Hall–Kier alpha value is -2.43. The summed E-state index contributed by atoms with van der Waals surface area (Å²) in [6.07, 6.45) is 0. The molecular formula is C12H10N2O3. The summed E-state index contributed by atoms with van der Waals surface area (Å²) in [6.45, 7) is 3.47. The number of benzene rings is 1. The van der Waals surface area contributed by atoms with E-state index in [1.165, 1.54) is 0 Å². The fraction of sp³-hybridized carbons (Fsp3) is 0.0833. The van der Waals surface area contributed by atoms with Gasteiger partial charge in [0.15, 0.2) is 0 Å². The van der Waals surface area contributed by atoms with Crippen molar-refractivity contribution >= 4 is 17.8 Å². The van der Waals surface area contributed by atoms with Crippen LogP contribution in [0.4, 0.5) is 4.79 Å². The topological polar surface area (TPSA) is 66.5 Å². The number of carbonyl (C=O) groups excluding carboxylic acids is 3. The number of urea groups is 1. The number of barbiturate groups is 1. The highest BCUT2D eigenvalue weighted by Gasteiger charge is 2.34. The van der Waals surface area contributed by atoms with Crippen molar-refractivity contribution in [2.75, 3.05) is 0 Å². The molecule has 0 saturated carbocycles. The molecular weight excluding hydrogens is 220 g/mol. The molecule has 1 heterocycles. The average Bonchev–Trinajstić information content (AvgIpc) is 2.33. The highest BCUT2D eigenvalue weighted by atomic mass is 16.2. The van der Waals surface area contributed by atoms with Gasteiger partial charge in [0.25, 0.3) is 11.8 Å². The van der Waals surface area contributed by atoms with Gasteiger partial charge in [-0.25, -0.2) is 4.79 Å². The number of hydrogen-bond acceptors (Lipinski definition) is 3. The summed E-state index contributed by atoms with van der Waals surface area (Å²) in [7, 11) is 0. The molecule has 1 fully saturated rings. The van der Waals surface area contributed by atoms with Crippen LogP contribution in [0, 0.1) is 0 Å². The third-order valence-corrected chi connectivity index (χ3v) is 2.43. The molecule has 1 aromatic carbocycles. The predicted octanol–water partition coefficient (Wildman–Crippen LogP) is 0.821. The van der Waals surface area contributed by atoms with E-state index in [9.17, 15) is 14.4 Å². The predicted molar refractivity (Wildman–Crippen MR) is 59.7 cm³/mol. The first kappa shape index (κ1) is 11.1. The molecule has 0 aromatic heterocycles. The van der Waals surface area contributed by atoms with Gasteiger partial charge in [0.1, 0.15) is 0 Å². The van der Waals surface area contributed by atoms with Gasteiger partial charge in [-0.05, 0) is 5.56 Å². The van der Waals surface area contributed by atoms with Gasteiger partial charge in [-0.2, -0.15) is 0 Å². The van der Waals surface area contributed by atoms with Gasteiger partial charge in [0.05, 0.1) is 12.1 Å². The highest BCUT2D eigenvalue weighted by molar-refractivity contribution is 6.28. The van der Waals surface area contributed by atoms with E-state index in [1.807, 2.05) is 18.2 Å². The SMILES string of the molecule is C=C1C(=O)NC(=O)N(Cc2ccccc2)C1=O. The van der Waals surface area contributed by atoms with E-state index in [-0.39, 0.29) is 12.1 Å². The van der Waals surface area contributed by atoms with Gasteiger partial charge in [0.2, 0.25) is 0 Å². The Bertz CT molecular complexity index is 508. The van der Waals surface area contributed by atoms with E-state index >= 15 is 0 Å². The van der Waals surface area contributed by atoms with Crippen molar-refractivity contribution < 1.29 is 14.4 Å². The molecule has 17 heavy (non-hydrogen) atoms. The van der Waals surface area contributed by atoms with E-state index < -0.39 is 17.8 Å². The second-order valence-electron chi connectivity index (χ2n) is 3.61. The molecule has 2 rings (SSSR count). The number of amides is 4. The maximum atomic E-state index is 11.7. The molecule has 1 saturated heterocycles. The lowest BCUT2D eigenvalue weighted by Crippen LogP contribution is -2.53. The van der Waals surface area contributed by atoms with Crippen molar-refractivity contribution in [1.82, 2.24) is 10.2 Å².